The molecule has 0 bridgehead atoms. The largest absolute Gasteiger partial charge is 0.462 e. The first-order chi connectivity index (χ1) is 14.7. The Kier molecular flexibility index (Phi) is 4.36. The van der Waals surface area contributed by atoms with E-state index in [9.17, 15) is 10.1 Å². The summed E-state index contributed by atoms with van der Waals surface area (Å²) in [5.74, 6) is 0.611. The van der Waals surface area contributed by atoms with Gasteiger partial charge in [-0.25, -0.2) is 9.78 Å². The zero-order valence-corrected chi connectivity index (χ0v) is 16.6. The smallest absolute Gasteiger partial charge is 0.338 e. The van der Waals surface area contributed by atoms with E-state index in [4.69, 9.17) is 9.72 Å². The molecule has 0 unspecified atom stereocenters. The van der Waals surface area contributed by atoms with E-state index in [1.807, 2.05) is 36.4 Å². The molecule has 1 aliphatic carbocycles. The Balaban J connectivity index is 1.67. The highest BCUT2D eigenvalue weighted by molar-refractivity contribution is 5.90. The fraction of sp³-hybridized carbons (Fsp3) is 0.208. The summed E-state index contributed by atoms with van der Waals surface area (Å²) < 4.78 is 7.12. The van der Waals surface area contributed by atoms with Gasteiger partial charge in [0.2, 0.25) is 0 Å². The second kappa shape index (κ2) is 7.20. The first-order valence-corrected chi connectivity index (χ1v) is 10.1. The highest BCUT2D eigenvalue weighted by Gasteiger charge is 2.25. The summed E-state index contributed by atoms with van der Waals surface area (Å²) in [7, 11) is 0. The molecule has 0 saturated heterocycles. The molecule has 0 saturated carbocycles. The number of rotatable bonds is 4. The summed E-state index contributed by atoms with van der Waals surface area (Å²) in [5, 5.41) is 13.4. The first-order valence-electron chi connectivity index (χ1n) is 10.1. The molecule has 2 heterocycles. The van der Waals surface area contributed by atoms with Gasteiger partial charge in [0.05, 0.1) is 28.8 Å². The quantitative estimate of drug-likeness (QED) is 0.503. The Hall–Kier alpha value is -3.85. The number of nitrogens with one attached hydrogen (secondary N) is 1. The third kappa shape index (κ3) is 2.79. The highest BCUT2D eigenvalue weighted by atomic mass is 16.5. The van der Waals surface area contributed by atoms with Crippen molar-refractivity contribution in [1.29, 1.82) is 5.26 Å². The van der Waals surface area contributed by atoms with E-state index in [0.29, 0.717) is 23.4 Å². The zero-order valence-electron chi connectivity index (χ0n) is 16.6. The molecule has 0 atom stereocenters. The van der Waals surface area contributed by atoms with Crippen LogP contribution in [0.2, 0.25) is 0 Å². The highest BCUT2D eigenvalue weighted by Crippen LogP contribution is 2.37. The molecule has 148 valence electrons. The van der Waals surface area contributed by atoms with Crippen molar-refractivity contribution in [1.82, 2.24) is 9.38 Å². The number of nitrogens with zero attached hydrogens (tertiary/aromatic N) is 3. The fourth-order valence-electron chi connectivity index (χ4n) is 4.26. The number of aromatic nitrogens is 2. The zero-order chi connectivity index (χ0) is 20.7. The maximum atomic E-state index is 11.9. The maximum Gasteiger partial charge on any atom is 0.338 e. The van der Waals surface area contributed by atoms with Crippen molar-refractivity contribution in [3.05, 3.63) is 70.8 Å². The summed E-state index contributed by atoms with van der Waals surface area (Å²) in [6, 6.07) is 17.6. The van der Waals surface area contributed by atoms with Crippen molar-refractivity contribution >= 4 is 34.2 Å². The molecule has 0 amide bonds. The summed E-state index contributed by atoms with van der Waals surface area (Å²) in [4.78, 5) is 16.7. The SMILES string of the molecule is CCOC(=O)c1ccc(Nc2c3c(c(C#N)c4nc5ccccc5n24)CCC3)cc1. The van der Waals surface area contributed by atoms with Gasteiger partial charge in [0.1, 0.15) is 11.9 Å². The molecule has 0 fully saturated rings. The van der Waals surface area contributed by atoms with Crippen LogP contribution in [0.25, 0.3) is 16.7 Å². The van der Waals surface area contributed by atoms with E-state index in [2.05, 4.69) is 15.8 Å². The lowest BCUT2D eigenvalue weighted by Gasteiger charge is -2.16. The minimum absolute atomic E-state index is 0.327. The number of imidazole rings is 1. The van der Waals surface area contributed by atoms with Gasteiger partial charge in [-0.15, -0.1) is 0 Å². The van der Waals surface area contributed by atoms with Crippen LogP contribution in [0.5, 0.6) is 0 Å². The van der Waals surface area contributed by atoms with Crippen LogP contribution < -0.4 is 5.32 Å². The van der Waals surface area contributed by atoms with Crippen LogP contribution in [0.15, 0.2) is 48.5 Å². The van der Waals surface area contributed by atoms with E-state index in [0.717, 1.165) is 52.9 Å². The van der Waals surface area contributed by atoms with Crippen molar-refractivity contribution in [2.75, 3.05) is 11.9 Å². The predicted octanol–water partition coefficient (Wildman–Crippen LogP) is 4.77. The molecule has 6 heteroatoms. The van der Waals surface area contributed by atoms with Crippen molar-refractivity contribution < 1.29 is 9.53 Å². The Labute approximate surface area is 173 Å². The molecule has 2 aromatic heterocycles. The van der Waals surface area contributed by atoms with Crippen LogP contribution in [0.1, 0.15) is 40.4 Å². The monoisotopic (exact) mass is 396 g/mol. The van der Waals surface area contributed by atoms with E-state index < -0.39 is 0 Å². The number of hydrogen-bond donors (Lipinski definition) is 1. The van der Waals surface area contributed by atoms with Crippen molar-refractivity contribution in [2.45, 2.75) is 26.2 Å². The van der Waals surface area contributed by atoms with Crippen LogP contribution in [-0.4, -0.2) is 22.0 Å². The lowest BCUT2D eigenvalue weighted by atomic mass is 10.1. The molecule has 5 rings (SSSR count). The van der Waals surface area contributed by atoms with Gasteiger partial charge in [-0.2, -0.15) is 5.26 Å². The van der Waals surface area contributed by atoms with Gasteiger partial charge in [-0.3, -0.25) is 4.40 Å². The molecule has 4 aromatic rings. The summed E-state index contributed by atoms with van der Waals surface area (Å²) >= 11 is 0. The molecule has 1 N–H and O–H groups in total. The summed E-state index contributed by atoms with van der Waals surface area (Å²) in [5.41, 5.74) is 6.81. The van der Waals surface area contributed by atoms with Gasteiger partial charge >= 0.3 is 5.97 Å². The predicted molar refractivity (Wildman–Crippen MR) is 115 cm³/mol. The van der Waals surface area contributed by atoms with Crippen molar-refractivity contribution in [3.8, 4) is 6.07 Å². The van der Waals surface area contributed by atoms with Crippen LogP contribution >= 0.6 is 0 Å². The van der Waals surface area contributed by atoms with Gasteiger partial charge in [-0.1, -0.05) is 12.1 Å². The molecule has 6 nitrogen and oxygen atoms in total. The number of nitriles is 1. The number of ether oxygens (including phenoxy) is 1. The van der Waals surface area contributed by atoms with Crippen LogP contribution in [0, 0.1) is 11.3 Å². The van der Waals surface area contributed by atoms with E-state index >= 15 is 0 Å². The Morgan fingerprint density at radius 2 is 1.93 bits per heavy atom. The third-order valence-corrected chi connectivity index (χ3v) is 5.58. The van der Waals surface area contributed by atoms with Crippen molar-refractivity contribution in [3.63, 3.8) is 0 Å². The average molecular weight is 396 g/mol. The summed E-state index contributed by atoms with van der Waals surface area (Å²) in [6.07, 6.45) is 2.82. The molecule has 1 aliphatic rings. The first kappa shape index (κ1) is 18.2. The maximum absolute atomic E-state index is 11.9. The molecular weight excluding hydrogens is 376 g/mol. The third-order valence-electron chi connectivity index (χ3n) is 5.58. The second-order valence-corrected chi connectivity index (χ2v) is 7.33. The Bertz CT molecular complexity index is 1330. The number of anilines is 2. The number of hydrogen-bond acceptors (Lipinski definition) is 5. The van der Waals surface area contributed by atoms with Gasteiger partial charge in [0, 0.05) is 5.69 Å². The Morgan fingerprint density at radius 3 is 2.70 bits per heavy atom. The standard InChI is InChI=1S/C24H20N4O2/c1-2-30-24(29)15-10-12-16(13-11-15)26-22-18-7-5-6-17(18)19(14-25)23-27-20-8-3-4-9-21(20)28(22)23/h3-4,8-13,26H,2,5-7H2,1H3. The number of esters is 1. The molecular formula is C24H20N4O2. The van der Waals surface area contributed by atoms with Crippen LogP contribution in [0.3, 0.4) is 0 Å². The molecule has 0 aliphatic heterocycles. The Morgan fingerprint density at radius 1 is 1.17 bits per heavy atom. The minimum atomic E-state index is -0.327. The van der Waals surface area contributed by atoms with E-state index in [1.54, 1.807) is 19.1 Å². The summed E-state index contributed by atoms with van der Waals surface area (Å²) in [6.45, 7) is 2.14. The van der Waals surface area contributed by atoms with Gasteiger partial charge in [-0.05, 0) is 73.7 Å². The molecule has 0 spiro atoms. The van der Waals surface area contributed by atoms with Gasteiger partial charge < -0.3 is 10.1 Å². The van der Waals surface area contributed by atoms with Crippen molar-refractivity contribution in [2.24, 2.45) is 0 Å². The van der Waals surface area contributed by atoms with Gasteiger partial charge in [0.25, 0.3) is 0 Å². The molecule has 2 aromatic carbocycles. The van der Waals surface area contributed by atoms with Gasteiger partial charge in [0.15, 0.2) is 5.65 Å². The fourth-order valence-corrected chi connectivity index (χ4v) is 4.26. The second-order valence-electron chi connectivity index (χ2n) is 7.33. The number of carbonyl (C=O) groups is 1. The number of pyridine rings is 1. The van der Waals surface area contributed by atoms with E-state index in [-0.39, 0.29) is 5.97 Å². The number of para-hydroxylation sites is 2. The lowest BCUT2D eigenvalue weighted by Crippen LogP contribution is -2.07. The lowest BCUT2D eigenvalue weighted by molar-refractivity contribution is 0.0526. The average Bonchev–Trinajstić information content (AvgIpc) is 3.39. The molecule has 0 radical (unpaired) electrons. The van der Waals surface area contributed by atoms with Crippen LogP contribution in [0.4, 0.5) is 11.5 Å². The van der Waals surface area contributed by atoms with E-state index in [1.165, 1.54) is 0 Å². The normalized spacial score (nSPS) is 12.7. The number of carbonyl (C=O) groups excluding carboxylic acids is 1. The minimum Gasteiger partial charge on any atom is -0.462 e. The number of fused-ring (bicyclic) bond motifs is 4. The molecule has 30 heavy (non-hydrogen) atoms. The van der Waals surface area contributed by atoms with Crippen LogP contribution in [-0.2, 0) is 17.6 Å². The number of benzene rings is 2. The topological polar surface area (TPSA) is 79.4 Å².